The summed E-state index contributed by atoms with van der Waals surface area (Å²) < 4.78 is 12.3. The summed E-state index contributed by atoms with van der Waals surface area (Å²) in [5, 5.41) is 4.41. The highest BCUT2D eigenvalue weighted by atomic mass is 16.5. The molecule has 1 unspecified atom stereocenters. The van der Waals surface area contributed by atoms with Gasteiger partial charge in [0.1, 0.15) is 0 Å². The Balaban J connectivity index is 2.31. The summed E-state index contributed by atoms with van der Waals surface area (Å²) in [6.07, 6.45) is 0. The lowest BCUT2D eigenvalue weighted by Gasteiger charge is -2.26. The predicted octanol–water partition coefficient (Wildman–Crippen LogP) is 0.0549. The zero-order chi connectivity index (χ0) is 14.0. The van der Waals surface area contributed by atoms with Crippen LogP contribution in [0.2, 0.25) is 0 Å². The van der Waals surface area contributed by atoms with Gasteiger partial charge >= 0.3 is 0 Å². The number of nitrogens with zero attached hydrogens (tertiary/aromatic N) is 4. The smallest absolute Gasteiger partial charge is 0.216 e. The molecule has 19 heavy (non-hydrogen) atoms. The molecule has 1 atom stereocenters. The van der Waals surface area contributed by atoms with E-state index in [-0.39, 0.29) is 6.04 Å². The van der Waals surface area contributed by atoms with Crippen LogP contribution in [0.25, 0.3) is 0 Å². The molecule has 7 nitrogen and oxygen atoms in total. The molecule has 0 fully saturated rings. The Bertz CT molecular complexity index is 483. The number of ether oxygens (including phenoxy) is 2. The van der Waals surface area contributed by atoms with Crippen molar-refractivity contribution in [3.8, 4) is 5.88 Å². The highest BCUT2D eigenvalue weighted by molar-refractivity contribution is 5.80. The molecule has 1 aromatic heterocycles. The van der Waals surface area contributed by atoms with Crippen molar-refractivity contribution in [2.45, 2.75) is 13.0 Å². The Labute approximate surface area is 113 Å². The lowest BCUT2D eigenvalue weighted by atomic mass is 10.1. The van der Waals surface area contributed by atoms with Crippen molar-refractivity contribution in [2.24, 2.45) is 17.8 Å². The van der Waals surface area contributed by atoms with Crippen LogP contribution in [0.4, 0.5) is 0 Å². The van der Waals surface area contributed by atoms with Gasteiger partial charge in [-0.2, -0.15) is 5.10 Å². The lowest BCUT2D eigenvalue weighted by molar-refractivity contribution is 0.165. The van der Waals surface area contributed by atoms with Crippen LogP contribution in [0, 0.1) is 6.92 Å². The summed E-state index contributed by atoms with van der Waals surface area (Å²) in [5.41, 5.74) is 7.94. The van der Waals surface area contributed by atoms with Crippen LogP contribution < -0.4 is 10.5 Å². The maximum Gasteiger partial charge on any atom is 0.216 e. The Hall–Kier alpha value is -1.76. The maximum atomic E-state index is 5.95. The number of nitrogens with two attached hydrogens (primary N) is 1. The standard InChI is InChI=1S/C12H21N5O2/c1-8-10(11(19-4)16(2)15-8)9-7-14-12(13)17(9)5-6-18-3/h9H,5-7H2,1-4H3,(H2,13,14). The van der Waals surface area contributed by atoms with Gasteiger partial charge in [-0.3, -0.25) is 4.99 Å². The third-order valence-electron chi connectivity index (χ3n) is 3.37. The van der Waals surface area contributed by atoms with Crippen LogP contribution in [0.1, 0.15) is 17.3 Å². The van der Waals surface area contributed by atoms with Gasteiger partial charge in [0.05, 0.1) is 37.6 Å². The number of hydrogen-bond acceptors (Lipinski definition) is 6. The number of rotatable bonds is 5. The van der Waals surface area contributed by atoms with Gasteiger partial charge in [0.25, 0.3) is 0 Å². The minimum Gasteiger partial charge on any atom is -0.481 e. The quantitative estimate of drug-likeness (QED) is 0.816. The van der Waals surface area contributed by atoms with Crippen molar-refractivity contribution in [1.82, 2.24) is 14.7 Å². The lowest BCUT2D eigenvalue weighted by Crippen LogP contribution is -2.38. The Morgan fingerprint density at radius 1 is 1.42 bits per heavy atom. The van der Waals surface area contributed by atoms with Crippen LogP contribution in [-0.4, -0.2) is 54.6 Å². The van der Waals surface area contributed by atoms with Crippen molar-refractivity contribution in [3.63, 3.8) is 0 Å². The average Bonchev–Trinajstić information content (AvgIpc) is 2.86. The largest absolute Gasteiger partial charge is 0.481 e. The fourth-order valence-electron chi connectivity index (χ4n) is 2.52. The molecule has 2 N–H and O–H groups in total. The van der Waals surface area contributed by atoms with E-state index in [1.165, 1.54) is 0 Å². The first-order valence-corrected chi connectivity index (χ1v) is 6.23. The van der Waals surface area contributed by atoms with E-state index < -0.39 is 0 Å². The van der Waals surface area contributed by atoms with Gasteiger partial charge in [-0.05, 0) is 6.92 Å². The highest BCUT2D eigenvalue weighted by Crippen LogP contribution is 2.34. The molecule has 7 heteroatoms. The number of hydrogen-bond donors (Lipinski definition) is 1. The number of methoxy groups -OCH3 is 2. The van der Waals surface area contributed by atoms with Crippen molar-refractivity contribution >= 4 is 5.96 Å². The molecule has 0 saturated carbocycles. The van der Waals surface area contributed by atoms with Crippen LogP contribution in [-0.2, 0) is 11.8 Å². The molecule has 1 aliphatic heterocycles. The van der Waals surface area contributed by atoms with E-state index in [0.717, 1.165) is 17.1 Å². The second kappa shape index (κ2) is 5.48. The fraction of sp³-hybridized carbons (Fsp3) is 0.667. The molecule has 0 spiro atoms. The topological polar surface area (TPSA) is 77.9 Å². The van der Waals surface area contributed by atoms with Gasteiger partial charge in [-0.25, -0.2) is 4.68 Å². The number of aliphatic imine (C=N–C) groups is 1. The van der Waals surface area contributed by atoms with Gasteiger partial charge in [0.2, 0.25) is 5.88 Å². The summed E-state index contributed by atoms with van der Waals surface area (Å²) >= 11 is 0. The first-order valence-electron chi connectivity index (χ1n) is 6.23. The van der Waals surface area contributed by atoms with Gasteiger partial charge < -0.3 is 20.1 Å². The molecule has 106 valence electrons. The molecular weight excluding hydrogens is 246 g/mol. The first-order chi connectivity index (χ1) is 9.10. The summed E-state index contributed by atoms with van der Waals surface area (Å²) in [4.78, 5) is 6.36. The van der Waals surface area contributed by atoms with E-state index in [2.05, 4.69) is 10.1 Å². The number of aryl methyl sites for hydroxylation is 2. The number of aromatic nitrogens is 2. The SMILES string of the molecule is COCCN1C(N)=NCC1c1c(C)nn(C)c1OC. The molecule has 0 radical (unpaired) electrons. The van der Waals surface area contributed by atoms with Crippen molar-refractivity contribution in [2.75, 3.05) is 33.9 Å². The van der Waals surface area contributed by atoms with E-state index in [1.54, 1.807) is 18.9 Å². The third-order valence-corrected chi connectivity index (χ3v) is 3.37. The van der Waals surface area contributed by atoms with E-state index in [1.807, 2.05) is 18.9 Å². The number of guanidine groups is 1. The Morgan fingerprint density at radius 3 is 2.79 bits per heavy atom. The molecule has 0 saturated heterocycles. The van der Waals surface area contributed by atoms with Gasteiger partial charge in [0, 0.05) is 20.7 Å². The molecule has 0 amide bonds. The van der Waals surface area contributed by atoms with E-state index in [4.69, 9.17) is 15.2 Å². The highest BCUT2D eigenvalue weighted by Gasteiger charge is 2.33. The van der Waals surface area contributed by atoms with Gasteiger partial charge in [-0.15, -0.1) is 0 Å². The second-order valence-electron chi connectivity index (χ2n) is 4.53. The van der Waals surface area contributed by atoms with Gasteiger partial charge in [-0.1, -0.05) is 0 Å². The Kier molecular flexibility index (Phi) is 3.94. The zero-order valence-corrected chi connectivity index (χ0v) is 11.9. The molecule has 1 aliphatic rings. The first kappa shape index (κ1) is 13.7. The molecule has 0 aliphatic carbocycles. The third kappa shape index (κ3) is 2.37. The van der Waals surface area contributed by atoms with E-state index >= 15 is 0 Å². The van der Waals surface area contributed by atoms with Crippen LogP contribution >= 0.6 is 0 Å². The molecule has 2 rings (SSSR count). The average molecular weight is 267 g/mol. The van der Waals surface area contributed by atoms with Crippen LogP contribution in [0.15, 0.2) is 4.99 Å². The summed E-state index contributed by atoms with van der Waals surface area (Å²) in [7, 11) is 5.20. The van der Waals surface area contributed by atoms with Crippen molar-refractivity contribution in [3.05, 3.63) is 11.3 Å². The van der Waals surface area contributed by atoms with E-state index in [0.29, 0.717) is 25.7 Å². The predicted molar refractivity (Wildman–Crippen MR) is 72.3 cm³/mol. The molecule has 0 aromatic carbocycles. The maximum absolute atomic E-state index is 5.95. The minimum atomic E-state index is 0.0683. The molecule has 1 aromatic rings. The molecular formula is C12H21N5O2. The summed E-state index contributed by atoms with van der Waals surface area (Å²) in [5.74, 6) is 1.31. The van der Waals surface area contributed by atoms with Crippen LogP contribution in [0.3, 0.4) is 0 Å². The van der Waals surface area contributed by atoms with Crippen molar-refractivity contribution < 1.29 is 9.47 Å². The van der Waals surface area contributed by atoms with Crippen LogP contribution in [0.5, 0.6) is 5.88 Å². The van der Waals surface area contributed by atoms with E-state index in [9.17, 15) is 0 Å². The monoisotopic (exact) mass is 267 g/mol. The normalized spacial score (nSPS) is 18.8. The zero-order valence-electron chi connectivity index (χ0n) is 11.9. The van der Waals surface area contributed by atoms with Gasteiger partial charge in [0.15, 0.2) is 5.96 Å². The fourth-order valence-corrected chi connectivity index (χ4v) is 2.52. The minimum absolute atomic E-state index is 0.0683. The van der Waals surface area contributed by atoms with Crippen molar-refractivity contribution in [1.29, 1.82) is 0 Å². The summed E-state index contributed by atoms with van der Waals surface area (Å²) in [6, 6.07) is 0.0683. The second-order valence-corrected chi connectivity index (χ2v) is 4.53. The molecule has 2 heterocycles. The summed E-state index contributed by atoms with van der Waals surface area (Å²) in [6.45, 7) is 3.90. The Morgan fingerprint density at radius 2 is 2.16 bits per heavy atom. The molecule has 0 bridgehead atoms.